The summed E-state index contributed by atoms with van der Waals surface area (Å²) in [5.74, 6) is 0. The first-order valence-electron chi connectivity index (χ1n) is 9.07. The maximum atomic E-state index is 3.38. The summed E-state index contributed by atoms with van der Waals surface area (Å²) in [5.41, 5.74) is 2.76. The lowest BCUT2D eigenvalue weighted by Crippen LogP contribution is -2.48. The fourth-order valence-corrected chi connectivity index (χ4v) is 3.15. The molecule has 0 radical (unpaired) electrons. The van der Waals surface area contributed by atoms with Gasteiger partial charge in [-0.25, -0.2) is 0 Å². The highest BCUT2D eigenvalue weighted by Crippen LogP contribution is 2.18. The zero-order valence-corrected chi connectivity index (χ0v) is 15.4. The lowest BCUT2D eigenvalue weighted by molar-refractivity contribution is 0.209. The van der Waals surface area contributed by atoms with Gasteiger partial charge in [0.15, 0.2) is 0 Å². The molecule has 1 N–H and O–H groups in total. The van der Waals surface area contributed by atoms with E-state index in [1.807, 2.05) is 0 Å². The van der Waals surface area contributed by atoms with E-state index in [1.54, 1.807) is 0 Å². The van der Waals surface area contributed by atoms with Gasteiger partial charge in [0.1, 0.15) is 0 Å². The molecule has 130 valence electrons. The number of nitrogens with zero attached hydrogens (tertiary/aromatic N) is 3. The number of benzene rings is 1. The Kier molecular flexibility index (Phi) is 7.34. The molecule has 0 amide bonds. The van der Waals surface area contributed by atoms with E-state index in [0.29, 0.717) is 6.04 Å². The summed E-state index contributed by atoms with van der Waals surface area (Å²) < 4.78 is 0. The molecule has 4 nitrogen and oxygen atoms in total. The minimum Gasteiger partial charge on any atom is -0.369 e. The third-order valence-corrected chi connectivity index (χ3v) is 4.72. The van der Waals surface area contributed by atoms with Gasteiger partial charge in [-0.15, -0.1) is 0 Å². The molecule has 0 saturated carbocycles. The molecule has 0 aliphatic carbocycles. The highest BCUT2D eigenvalue weighted by molar-refractivity contribution is 5.48. The van der Waals surface area contributed by atoms with Crippen LogP contribution in [0.1, 0.15) is 26.3 Å². The second-order valence-electron chi connectivity index (χ2n) is 6.87. The molecule has 0 bridgehead atoms. The van der Waals surface area contributed by atoms with Crippen LogP contribution in [0.5, 0.6) is 0 Å². The quantitative estimate of drug-likeness (QED) is 0.742. The SMILES string of the molecule is CCNCCN(C)Cc1ccc(N2CCN(C(C)C)CC2)cc1. The van der Waals surface area contributed by atoms with Gasteiger partial charge < -0.3 is 15.1 Å². The summed E-state index contributed by atoms with van der Waals surface area (Å²) in [4.78, 5) is 7.45. The maximum absolute atomic E-state index is 3.38. The minimum absolute atomic E-state index is 0.664. The Morgan fingerprint density at radius 3 is 2.30 bits per heavy atom. The molecule has 1 aromatic carbocycles. The summed E-state index contributed by atoms with van der Waals surface area (Å²) in [7, 11) is 2.19. The Hall–Kier alpha value is -1.10. The van der Waals surface area contributed by atoms with E-state index in [-0.39, 0.29) is 0 Å². The zero-order chi connectivity index (χ0) is 16.7. The van der Waals surface area contributed by atoms with Gasteiger partial charge in [-0.3, -0.25) is 4.90 Å². The van der Waals surface area contributed by atoms with Crippen molar-refractivity contribution in [2.24, 2.45) is 0 Å². The molecule has 0 aromatic heterocycles. The molecule has 4 heteroatoms. The highest BCUT2D eigenvalue weighted by Gasteiger charge is 2.18. The normalized spacial score (nSPS) is 16.5. The molecule has 2 rings (SSSR count). The van der Waals surface area contributed by atoms with Gasteiger partial charge in [-0.1, -0.05) is 19.1 Å². The van der Waals surface area contributed by atoms with Crippen molar-refractivity contribution < 1.29 is 0 Å². The van der Waals surface area contributed by atoms with Gasteiger partial charge in [-0.05, 0) is 45.1 Å². The summed E-state index contributed by atoms with van der Waals surface area (Å²) in [6, 6.07) is 9.82. The van der Waals surface area contributed by atoms with E-state index < -0.39 is 0 Å². The Morgan fingerprint density at radius 2 is 1.74 bits per heavy atom. The Morgan fingerprint density at radius 1 is 1.09 bits per heavy atom. The van der Waals surface area contributed by atoms with E-state index >= 15 is 0 Å². The Bertz CT molecular complexity index is 435. The number of hydrogen-bond donors (Lipinski definition) is 1. The van der Waals surface area contributed by atoms with Crippen LogP contribution >= 0.6 is 0 Å². The number of hydrogen-bond acceptors (Lipinski definition) is 4. The monoisotopic (exact) mass is 318 g/mol. The van der Waals surface area contributed by atoms with Gasteiger partial charge in [-0.2, -0.15) is 0 Å². The van der Waals surface area contributed by atoms with E-state index in [1.165, 1.54) is 24.3 Å². The Labute approximate surface area is 142 Å². The lowest BCUT2D eigenvalue weighted by Gasteiger charge is -2.38. The van der Waals surface area contributed by atoms with Crippen molar-refractivity contribution in [3.8, 4) is 0 Å². The largest absolute Gasteiger partial charge is 0.369 e. The van der Waals surface area contributed by atoms with E-state index in [9.17, 15) is 0 Å². The van der Waals surface area contributed by atoms with Crippen LogP contribution < -0.4 is 10.2 Å². The van der Waals surface area contributed by atoms with Gasteiger partial charge in [0.25, 0.3) is 0 Å². The lowest BCUT2D eigenvalue weighted by atomic mass is 10.1. The zero-order valence-electron chi connectivity index (χ0n) is 15.4. The van der Waals surface area contributed by atoms with Crippen LogP contribution in [0.15, 0.2) is 24.3 Å². The maximum Gasteiger partial charge on any atom is 0.0367 e. The van der Waals surface area contributed by atoms with E-state index in [0.717, 1.165) is 39.3 Å². The van der Waals surface area contributed by atoms with E-state index in [2.05, 4.69) is 72.1 Å². The topological polar surface area (TPSA) is 21.8 Å². The summed E-state index contributed by atoms with van der Waals surface area (Å²) in [6.07, 6.45) is 0. The highest BCUT2D eigenvalue weighted by atomic mass is 15.3. The van der Waals surface area contributed by atoms with Crippen molar-refractivity contribution in [2.75, 3.05) is 57.8 Å². The molecule has 0 unspecified atom stereocenters. The Balaban J connectivity index is 1.80. The fourth-order valence-electron chi connectivity index (χ4n) is 3.15. The van der Waals surface area contributed by atoms with Crippen molar-refractivity contribution in [2.45, 2.75) is 33.4 Å². The first kappa shape index (κ1) is 18.2. The molecule has 0 atom stereocenters. The molecule has 1 fully saturated rings. The molecule has 0 spiro atoms. The fraction of sp³-hybridized carbons (Fsp3) is 0.684. The first-order valence-corrected chi connectivity index (χ1v) is 9.07. The third-order valence-electron chi connectivity index (χ3n) is 4.72. The van der Waals surface area contributed by atoms with Crippen molar-refractivity contribution >= 4 is 5.69 Å². The number of nitrogens with one attached hydrogen (secondary N) is 1. The minimum atomic E-state index is 0.664. The molecule has 1 aromatic rings. The predicted molar refractivity (Wildman–Crippen MR) is 100 cm³/mol. The van der Waals surface area contributed by atoms with Crippen molar-refractivity contribution in [3.63, 3.8) is 0 Å². The van der Waals surface area contributed by atoms with Crippen molar-refractivity contribution in [1.82, 2.24) is 15.1 Å². The second kappa shape index (κ2) is 9.26. The molecule has 1 heterocycles. The molecule has 1 aliphatic rings. The third kappa shape index (κ3) is 5.79. The number of rotatable bonds is 8. The standard InChI is InChI=1S/C19H34N4/c1-5-20-10-11-21(4)16-18-6-8-19(9-7-18)23-14-12-22(13-15-23)17(2)3/h6-9,17,20H,5,10-16H2,1-4H3. The van der Waals surface area contributed by atoms with E-state index in [4.69, 9.17) is 0 Å². The van der Waals surface area contributed by atoms with Crippen LogP contribution in [-0.4, -0.2) is 68.7 Å². The van der Waals surface area contributed by atoms with Gasteiger partial charge in [0, 0.05) is 57.5 Å². The van der Waals surface area contributed by atoms with Gasteiger partial charge in [0.2, 0.25) is 0 Å². The predicted octanol–water partition coefficient (Wildman–Crippen LogP) is 2.26. The van der Waals surface area contributed by atoms with Crippen LogP contribution in [0, 0.1) is 0 Å². The second-order valence-corrected chi connectivity index (χ2v) is 6.87. The number of likely N-dealkylation sites (N-methyl/N-ethyl adjacent to an activating group) is 2. The first-order chi connectivity index (χ1) is 11.1. The summed E-state index contributed by atoms with van der Waals surface area (Å²) >= 11 is 0. The molecular formula is C19H34N4. The molecular weight excluding hydrogens is 284 g/mol. The summed E-state index contributed by atoms with van der Waals surface area (Å²) in [6.45, 7) is 15.6. The number of anilines is 1. The average molecular weight is 319 g/mol. The van der Waals surface area contributed by atoms with Crippen LogP contribution in [0.25, 0.3) is 0 Å². The van der Waals surface area contributed by atoms with Crippen LogP contribution in [0.2, 0.25) is 0 Å². The van der Waals surface area contributed by atoms with Crippen LogP contribution in [0.3, 0.4) is 0 Å². The van der Waals surface area contributed by atoms with Crippen LogP contribution in [0.4, 0.5) is 5.69 Å². The van der Waals surface area contributed by atoms with Crippen LogP contribution in [-0.2, 0) is 6.54 Å². The molecule has 1 saturated heterocycles. The number of piperazine rings is 1. The van der Waals surface area contributed by atoms with Crippen molar-refractivity contribution in [1.29, 1.82) is 0 Å². The van der Waals surface area contributed by atoms with Crippen molar-refractivity contribution in [3.05, 3.63) is 29.8 Å². The van der Waals surface area contributed by atoms with Gasteiger partial charge in [0.05, 0.1) is 0 Å². The smallest absolute Gasteiger partial charge is 0.0367 e. The summed E-state index contributed by atoms with van der Waals surface area (Å²) in [5, 5.41) is 3.38. The molecule has 1 aliphatic heterocycles. The van der Waals surface area contributed by atoms with Gasteiger partial charge >= 0.3 is 0 Å². The average Bonchev–Trinajstić information content (AvgIpc) is 2.56. The molecule has 23 heavy (non-hydrogen) atoms.